The highest BCUT2D eigenvalue weighted by molar-refractivity contribution is 8.00. The minimum absolute atomic E-state index is 0.00819. The second kappa shape index (κ2) is 17.8. The highest BCUT2D eigenvalue weighted by Crippen LogP contribution is 2.36. The van der Waals surface area contributed by atoms with Gasteiger partial charge in [0.2, 0.25) is 0 Å². The van der Waals surface area contributed by atoms with Gasteiger partial charge < -0.3 is 15.4 Å². The van der Waals surface area contributed by atoms with Crippen LogP contribution in [-0.2, 0) is 30.3 Å². The molecule has 0 spiro atoms. The van der Waals surface area contributed by atoms with Crippen molar-refractivity contribution >= 4 is 88.1 Å². The molecule has 6 rings (SSSR count). The number of carbonyl (C=O) groups excluding carboxylic acids is 2. The topological polar surface area (TPSA) is 311 Å². The van der Waals surface area contributed by atoms with Crippen LogP contribution in [0.2, 0.25) is 0 Å². The van der Waals surface area contributed by atoms with Gasteiger partial charge in [0.25, 0.3) is 53.4 Å². The number of nitro groups is 2. The molecule has 0 aliphatic carbocycles. The van der Waals surface area contributed by atoms with Crippen LogP contribution in [0.1, 0.15) is 20.7 Å². The maximum atomic E-state index is 13.1. The van der Waals surface area contributed by atoms with Crippen LogP contribution >= 0.6 is 11.9 Å². The SMILES string of the molecule is O=C(Nc1ccc(-c2ccc(NC(=O)c3ccc(NS(=O)(=O)c4cccc([N+](=O)[O-])c4)cc3)cc2S(=O)(=O)O)c(S(=O)(=O)O)c1)c1ccc(NSc2cccc([N+](=O)[O-])c2)cc1. The molecule has 0 aliphatic rings. The maximum absolute atomic E-state index is 13.1. The van der Waals surface area contributed by atoms with Crippen LogP contribution < -0.4 is 20.1 Å². The fourth-order valence-electron chi connectivity index (χ4n) is 5.61. The van der Waals surface area contributed by atoms with Gasteiger partial charge in [-0.3, -0.25) is 43.6 Å². The van der Waals surface area contributed by atoms with E-state index in [0.29, 0.717) is 10.6 Å². The smallest absolute Gasteiger partial charge is 0.295 e. The second-order valence-electron chi connectivity index (χ2n) is 12.8. The summed E-state index contributed by atoms with van der Waals surface area (Å²) in [4.78, 5) is 45.4. The molecule has 0 atom stereocenters. The normalized spacial score (nSPS) is 11.6. The summed E-state index contributed by atoms with van der Waals surface area (Å²) in [5.74, 6) is -1.52. The molecule has 24 heteroatoms. The number of non-ortho nitro benzene ring substituents is 2. The molecule has 318 valence electrons. The van der Waals surface area contributed by atoms with Crippen LogP contribution in [0.4, 0.5) is 34.1 Å². The van der Waals surface area contributed by atoms with E-state index in [4.69, 9.17) is 0 Å². The second-order valence-corrected chi connectivity index (χ2v) is 18.1. The van der Waals surface area contributed by atoms with Crippen LogP contribution in [0, 0.1) is 20.2 Å². The van der Waals surface area contributed by atoms with E-state index >= 15 is 0 Å². The number of carbonyl (C=O) groups is 2. The van der Waals surface area contributed by atoms with Gasteiger partial charge in [-0.1, -0.05) is 24.3 Å². The van der Waals surface area contributed by atoms with Crippen molar-refractivity contribution < 1.29 is 53.8 Å². The predicted octanol–water partition coefficient (Wildman–Crippen LogP) is 7.09. The summed E-state index contributed by atoms with van der Waals surface area (Å²) in [5.41, 5.74) is -1.07. The summed E-state index contributed by atoms with van der Waals surface area (Å²) >= 11 is 1.09. The number of nitrogens with zero attached hydrogens (tertiary/aromatic N) is 2. The molecule has 0 heterocycles. The van der Waals surface area contributed by atoms with E-state index in [-0.39, 0.29) is 38.8 Å². The number of benzene rings is 6. The van der Waals surface area contributed by atoms with Gasteiger partial charge in [0, 0.05) is 74.2 Å². The Bertz CT molecular complexity index is 3110. The Labute approximate surface area is 356 Å². The average Bonchev–Trinajstić information content (AvgIpc) is 3.22. The number of amides is 2. The van der Waals surface area contributed by atoms with Crippen molar-refractivity contribution in [1.82, 2.24) is 0 Å². The molecule has 0 saturated heterocycles. The first kappa shape index (κ1) is 44.3. The van der Waals surface area contributed by atoms with Crippen molar-refractivity contribution in [1.29, 1.82) is 0 Å². The molecule has 0 unspecified atom stereocenters. The van der Waals surface area contributed by atoms with Gasteiger partial charge in [-0.25, -0.2) is 8.42 Å². The highest BCUT2D eigenvalue weighted by atomic mass is 32.2. The van der Waals surface area contributed by atoms with Gasteiger partial charge >= 0.3 is 0 Å². The van der Waals surface area contributed by atoms with Crippen LogP contribution in [0.25, 0.3) is 11.1 Å². The lowest BCUT2D eigenvalue weighted by molar-refractivity contribution is -0.385. The van der Waals surface area contributed by atoms with E-state index in [1.165, 1.54) is 72.8 Å². The van der Waals surface area contributed by atoms with E-state index in [0.717, 1.165) is 54.4 Å². The first-order valence-electron chi connectivity index (χ1n) is 17.2. The van der Waals surface area contributed by atoms with Crippen molar-refractivity contribution in [2.45, 2.75) is 19.6 Å². The number of nitro benzene ring substituents is 2. The van der Waals surface area contributed by atoms with Gasteiger partial charge in [0.15, 0.2) is 0 Å². The average molecular weight is 921 g/mol. The number of rotatable bonds is 15. The van der Waals surface area contributed by atoms with Crippen LogP contribution in [-0.4, -0.2) is 56.0 Å². The zero-order valence-electron chi connectivity index (χ0n) is 31.0. The summed E-state index contributed by atoms with van der Waals surface area (Å²) in [5, 5.41) is 27.0. The first-order chi connectivity index (χ1) is 29.2. The first-order valence-corrected chi connectivity index (χ1v) is 22.4. The fourth-order valence-corrected chi connectivity index (χ4v) is 8.87. The van der Waals surface area contributed by atoms with E-state index in [9.17, 15) is 64.2 Å². The number of anilines is 4. The highest BCUT2D eigenvalue weighted by Gasteiger charge is 2.25. The van der Waals surface area contributed by atoms with Gasteiger partial charge in [-0.15, -0.1) is 0 Å². The van der Waals surface area contributed by atoms with E-state index in [2.05, 4.69) is 20.1 Å². The Hall–Kier alpha value is -7.22. The Morgan fingerprint density at radius 3 is 1.44 bits per heavy atom. The Morgan fingerprint density at radius 2 is 0.968 bits per heavy atom. The lowest BCUT2D eigenvalue weighted by Crippen LogP contribution is -2.15. The van der Waals surface area contributed by atoms with Crippen molar-refractivity contribution in [2.24, 2.45) is 0 Å². The third-order valence-electron chi connectivity index (χ3n) is 8.53. The fraction of sp³-hybridized carbons (Fsp3) is 0. The molecule has 0 saturated carbocycles. The Balaban J connectivity index is 1.17. The molecule has 0 aliphatic heterocycles. The molecule has 20 nitrogen and oxygen atoms in total. The lowest BCUT2D eigenvalue weighted by Gasteiger charge is -2.15. The van der Waals surface area contributed by atoms with Crippen LogP contribution in [0.15, 0.2) is 153 Å². The number of hydrogen-bond donors (Lipinski definition) is 6. The quantitative estimate of drug-likeness (QED) is 0.0259. The van der Waals surface area contributed by atoms with Gasteiger partial charge in [0.1, 0.15) is 9.79 Å². The Kier molecular flexibility index (Phi) is 12.7. The molecular formula is C38H28N6O14S4. The van der Waals surface area contributed by atoms with E-state index in [1.807, 2.05) is 0 Å². The molecule has 0 aromatic heterocycles. The van der Waals surface area contributed by atoms with Gasteiger partial charge in [-0.05, 0) is 96.9 Å². The van der Waals surface area contributed by atoms with Gasteiger partial charge in [0.05, 0.1) is 14.7 Å². The van der Waals surface area contributed by atoms with E-state index < -0.39 is 78.5 Å². The standard InChI is InChI=1S/C38H28N6O14S4/c45-37(23-7-11-25(12-8-23)41-59-31-5-1-3-29(21-31)43(47)48)39-27-15-17-33(35(19-27)61(53,54)55)34-18-16-28(20-36(34)62(56,57)58)40-38(46)24-9-13-26(14-10-24)42-60(51,52)32-6-2-4-30(22-32)44(49)50/h1-22,41-42H,(H,39,45)(H,40,46)(H,53,54,55)(H,56,57,58). The molecule has 0 radical (unpaired) electrons. The summed E-state index contributed by atoms with van der Waals surface area (Å²) < 4.78 is 102. The third-order valence-corrected chi connectivity index (χ3v) is 12.5. The summed E-state index contributed by atoms with van der Waals surface area (Å²) in [6, 6.07) is 27.3. The summed E-state index contributed by atoms with van der Waals surface area (Å²) in [6.45, 7) is 0. The van der Waals surface area contributed by atoms with Crippen molar-refractivity contribution in [3.8, 4) is 11.1 Å². The third kappa shape index (κ3) is 10.7. The molecule has 6 N–H and O–H groups in total. The monoisotopic (exact) mass is 920 g/mol. The van der Waals surface area contributed by atoms with Crippen molar-refractivity contribution in [3.05, 3.63) is 165 Å². The van der Waals surface area contributed by atoms with Crippen molar-refractivity contribution in [2.75, 3.05) is 20.1 Å². The lowest BCUT2D eigenvalue weighted by atomic mass is 10.0. The van der Waals surface area contributed by atoms with Crippen molar-refractivity contribution in [3.63, 3.8) is 0 Å². The van der Waals surface area contributed by atoms with Gasteiger partial charge in [-0.2, -0.15) is 16.8 Å². The molecule has 62 heavy (non-hydrogen) atoms. The molecule has 0 fully saturated rings. The summed E-state index contributed by atoms with van der Waals surface area (Å²) in [7, 11) is -14.5. The zero-order chi connectivity index (χ0) is 45.0. The summed E-state index contributed by atoms with van der Waals surface area (Å²) in [6.07, 6.45) is 0. The number of hydrogen-bond acceptors (Lipinski definition) is 14. The largest absolute Gasteiger partial charge is 0.326 e. The zero-order valence-corrected chi connectivity index (χ0v) is 34.3. The predicted molar refractivity (Wildman–Crippen MR) is 227 cm³/mol. The minimum atomic E-state index is -5.15. The number of nitrogens with one attached hydrogen (secondary N) is 4. The molecule has 6 aromatic carbocycles. The molecular weight excluding hydrogens is 893 g/mol. The Morgan fingerprint density at radius 1 is 0.532 bits per heavy atom. The molecule has 2 amide bonds. The molecule has 6 aromatic rings. The van der Waals surface area contributed by atoms with Crippen LogP contribution in [0.3, 0.4) is 0 Å². The van der Waals surface area contributed by atoms with E-state index in [1.54, 1.807) is 18.2 Å². The van der Waals surface area contributed by atoms with Crippen LogP contribution in [0.5, 0.6) is 0 Å². The maximum Gasteiger partial charge on any atom is 0.295 e. The minimum Gasteiger partial charge on any atom is -0.326 e. The number of sulfonamides is 1. The molecule has 0 bridgehead atoms.